The minimum Gasteiger partial charge on any atom is -0.385 e. The van der Waals surface area contributed by atoms with Gasteiger partial charge in [-0.2, -0.15) is 0 Å². The van der Waals surface area contributed by atoms with E-state index in [-0.39, 0.29) is 0 Å². The predicted octanol–water partition coefficient (Wildman–Crippen LogP) is 2.22. The van der Waals surface area contributed by atoms with Crippen LogP contribution in [-0.4, -0.2) is 52.7 Å². The maximum absolute atomic E-state index is 5.51. The zero-order chi connectivity index (χ0) is 13.5. The first-order valence-corrected chi connectivity index (χ1v) is 7.19. The van der Waals surface area contributed by atoms with Gasteiger partial charge in [-0.25, -0.2) is 0 Å². The fourth-order valence-corrected chi connectivity index (χ4v) is 1.73. The zero-order valence-corrected chi connectivity index (χ0v) is 12.4. The summed E-state index contributed by atoms with van der Waals surface area (Å²) in [7, 11) is 1.71. The van der Waals surface area contributed by atoms with E-state index in [1.807, 2.05) is 0 Å². The molecule has 0 radical (unpaired) electrons. The molecule has 0 rings (SSSR count). The van der Waals surface area contributed by atoms with E-state index in [9.17, 15) is 0 Å². The molecule has 110 valence electrons. The van der Waals surface area contributed by atoms with Crippen molar-refractivity contribution in [3.63, 3.8) is 0 Å². The molecule has 0 aliphatic rings. The molecule has 4 heteroatoms. The minimum atomic E-state index is 0.624. The van der Waals surface area contributed by atoms with E-state index in [1.54, 1.807) is 7.11 Å². The highest BCUT2D eigenvalue weighted by atomic mass is 16.5. The summed E-state index contributed by atoms with van der Waals surface area (Å²) in [5, 5.41) is 3.41. The molecule has 0 aromatic heterocycles. The fraction of sp³-hybridized carbons (Fsp3) is 1.00. The van der Waals surface area contributed by atoms with Crippen molar-refractivity contribution in [3.05, 3.63) is 0 Å². The molecule has 0 fully saturated rings. The monoisotopic (exact) mass is 261 g/mol. The number of hydrogen-bond donors (Lipinski definition) is 1. The van der Waals surface area contributed by atoms with Crippen molar-refractivity contribution in [2.45, 2.75) is 45.6 Å². The Kier molecular flexibility index (Phi) is 14.8. The lowest BCUT2D eigenvalue weighted by Crippen LogP contribution is -2.25. The smallest absolute Gasteiger partial charge is 0.0700 e. The lowest BCUT2D eigenvalue weighted by Gasteiger charge is -2.11. The van der Waals surface area contributed by atoms with Gasteiger partial charge in [0.2, 0.25) is 0 Å². The Labute approximate surface area is 112 Å². The molecule has 0 bridgehead atoms. The summed E-state index contributed by atoms with van der Waals surface area (Å²) in [6.45, 7) is 9.21. The topological polar surface area (TPSA) is 39.7 Å². The highest BCUT2D eigenvalue weighted by Crippen LogP contribution is 2.00. The number of ether oxygens (including phenoxy) is 3. The molecule has 18 heavy (non-hydrogen) atoms. The summed E-state index contributed by atoms with van der Waals surface area (Å²) in [6, 6.07) is 0.624. The molecule has 0 aliphatic carbocycles. The van der Waals surface area contributed by atoms with Crippen LogP contribution in [0.4, 0.5) is 0 Å². The van der Waals surface area contributed by atoms with Crippen LogP contribution in [0, 0.1) is 0 Å². The molecule has 4 nitrogen and oxygen atoms in total. The molecular formula is C14H31NO3. The largest absolute Gasteiger partial charge is 0.385 e. The average Bonchev–Trinajstić information content (AvgIpc) is 2.36. The van der Waals surface area contributed by atoms with Gasteiger partial charge in [0.15, 0.2) is 0 Å². The van der Waals surface area contributed by atoms with Crippen LogP contribution in [0.1, 0.15) is 39.5 Å². The van der Waals surface area contributed by atoms with Crippen molar-refractivity contribution < 1.29 is 14.2 Å². The molecule has 0 amide bonds. The summed E-state index contributed by atoms with van der Waals surface area (Å²) in [5.74, 6) is 0. The molecular weight excluding hydrogens is 230 g/mol. The van der Waals surface area contributed by atoms with E-state index in [0.29, 0.717) is 19.3 Å². The molecule has 0 aliphatic heterocycles. The summed E-state index contributed by atoms with van der Waals surface area (Å²) in [4.78, 5) is 0. The van der Waals surface area contributed by atoms with E-state index in [1.165, 1.54) is 12.8 Å². The lowest BCUT2D eigenvalue weighted by atomic mass is 10.1. The molecule has 0 saturated heterocycles. The first-order chi connectivity index (χ1) is 8.81. The van der Waals surface area contributed by atoms with Gasteiger partial charge in [-0.05, 0) is 39.2 Å². The van der Waals surface area contributed by atoms with Gasteiger partial charge in [-0.3, -0.25) is 0 Å². The van der Waals surface area contributed by atoms with E-state index in [2.05, 4.69) is 19.2 Å². The molecule has 1 unspecified atom stereocenters. The van der Waals surface area contributed by atoms with Crippen LogP contribution in [0.2, 0.25) is 0 Å². The summed E-state index contributed by atoms with van der Waals surface area (Å²) >= 11 is 0. The standard InChI is InChI=1S/C14H31NO3/c1-4-15-14(2)8-5-6-10-17-12-13-18-11-7-9-16-3/h14-15H,4-13H2,1-3H3. The van der Waals surface area contributed by atoms with Crippen molar-refractivity contribution in [1.82, 2.24) is 5.32 Å². The molecule has 1 atom stereocenters. The van der Waals surface area contributed by atoms with Crippen molar-refractivity contribution in [1.29, 1.82) is 0 Å². The number of rotatable bonds is 14. The third kappa shape index (κ3) is 13.9. The van der Waals surface area contributed by atoms with Gasteiger partial charge in [0.05, 0.1) is 13.2 Å². The Bertz CT molecular complexity index is 156. The Balaban J connectivity index is 2.98. The maximum atomic E-state index is 5.51. The number of nitrogens with one attached hydrogen (secondary N) is 1. The number of methoxy groups -OCH3 is 1. The number of unbranched alkanes of at least 4 members (excludes halogenated alkanes) is 1. The van der Waals surface area contributed by atoms with Crippen molar-refractivity contribution in [2.24, 2.45) is 0 Å². The first-order valence-electron chi connectivity index (χ1n) is 7.19. The highest BCUT2D eigenvalue weighted by molar-refractivity contribution is 4.58. The molecule has 0 saturated carbocycles. The third-order valence-corrected chi connectivity index (χ3v) is 2.74. The average molecular weight is 261 g/mol. The van der Waals surface area contributed by atoms with E-state index in [0.717, 1.165) is 39.2 Å². The molecule has 0 aromatic rings. The minimum absolute atomic E-state index is 0.624. The van der Waals surface area contributed by atoms with Crippen molar-refractivity contribution >= 4 is 0 Å². The van der Waals surface area contributed by atoms with E-state index in [4.69, 9.17) is 14.2 Å². The van der Waals surface area contributed by atoms with Crippen LogP contribution in [0.25, 0.3) is 0 Å². The van der Waals surface area contributed by atoms with Gasteiger partial charge in [-0.1, -0.05) is 6.92 Å². The van der Waals surface area contributed by atoms with Gasteiger partial charge in [0, 0.05) is 33.0 Å². The van der Waals surface area contributed by atoms with Gasteiger partial charge in [0.25, 0.3) is 0 Å². The Morgan fingerprint density at radius 2 is 1.56 bits per heavy atom. The van der Waals surface area contributed by atoms with Gasteiger partial charge in [0.1, 0.15) is 0 Å². The second-order valence-electron chi connectivity index (χ2n) is 4.53. The van der Waals surface area contributed by atoms with Crippen molar-refractivity contribution in [3.8, 4) is 0 Å². The van der Waals surface area contributed by atoms with E-state index < -0.39 is 0 Å². The van der Waals surface area contributed by atoms with Crippen LogP contribution < -0.4 is 5.32 Å². The molecule has 0 spiro atoms. The highest BCUT2D eigenvalue weighted by Gasteiger charge is 1.98. The zero-order valence-electron chi connectivity index (χ0n) is 12.4. The maximum Gasteiger partial charge on any atom is 0.0700 e. The van der Waals surface area contributed by atoms with Gasteiger partial charge >= 0.3 is 0 Å². The second kappa shape index (κ2) is 14.9. The van der Waals surface area contributed by atoms with Crippen LogP contribution in [0.5, 0.6) is 0 Å². The SMILES string of the molecule is CCNC(C)CCCCOCCOCCCOC. The van der Waals surface area contributed by atoms with Gasteiger partial charge in [-0.15, -0.1) is 0 Å². The molecule has 0 heterocycles. The Morgan fingerprint density at radius 1 is 0.889 bits per heavy atom. The summed E-state index contributed by atoms with van der Waals surface area (Å²) in [5.41, 5.74) is 0. The first kappa shape index (κ1) is 17.8. The Morgan fingerprint density at radius 3 is 2.17 bits per heavy atom. The summed E-state index contributed by atoms with van der Waals surface area (Å²) in [6.07, 6.45) is 4.55. The van der Waals surface area contributed by atoms with Crippen LogP contribution >= 0.6 is 0 Å². The quantitative estimate of drug-likeness (QED) is 0.487. The van der Waals surface area contributed by atoms with Crippen LogP contribution in [0.3, 0.4) is 0 Å². The summed E-state index contributed by atoms with van der Waals surface area (Å²) < 4.78 is 15.8. The molecule has 1 N–H and O–H groups in total. The van der Waals surface area contributed by atoms with Crippen molar-refractivity contribution in [2.75, 3.05) is 46.7 Å². The van der Waals surface area contributed by atoms with E-state index >= 15 is 0 Å². The van der Waals surface area contributed by atoms with Crippen LogP contribution in [-0.2, 0) is 14.2 Å². The second-order valence-corrected chi connectivity index (χ2v) is 4.53. The fourth-order valence-electron chi connectivity index (χ4n) is 1.73. The predicted molar refractivity (Wildman–Crippen MR) is 75.1 cm³/mol. The van der Waals surface area contributed by atoms with Crippen LogP contribution in [0.15, 0.2) is 0 Å². The third-order valence-electron chi connectivity index (χ3n) is 2.74. The Hall–Kier alpha value is -0.160. The van der Waals surface area contributed by atoms with Gasteiger partial charge < -0.3 is 19.5 Å². The lowest BCUT2D eigenvalue weighted by molar-refractivity contribution is 0.0386. The number of hydrogen-bond acceptors (Lipinski definition) is 4. The molecule has 0 aromatic carbocycles. The normalized spacial score (nSPS) is 12.8.